The number of aromatic nitrogens is 1. The van der Waals surface area contributed by atoms with E-state index in [1.165, 1.54) is 43.4 Å². The maximum absolute atomic E-state index is 11.0. The van der Waals surface area contributed by atoms with E-state index in [0.29, 0.717) is 10.8 Å². The summed E-state index contributed by atoms with van der Waals surface area (Å²) in [5.41, 5.74) is 3.04. The van der Waals surface area contributed by atoms with Gasteiger partial charge in [-0.05, 0) is 60.7 Å². The number of nitrogens with zero attached hydrogens (tertiary/aromatic N) is 1. The summed E-state index contributed by atoms with van der Waals surface area (Å²) in [7, 11) is 0. The number of thiazole rings is 1. The molecule has 1 aromatic heterocycles. The molecule has 0 spiro atoms. The molecular formula is C17H25NOS. The van der Waals surface area contributed by atoms with Crippen LogP contribution in [0.1, 0.15) is 57.2 Å². The van der Waals surface area contributed by atoms with Crippen LogP contribution < -0.4 is 0 Å². The van der Waals surface area contributed by atoms with E-state index in [9.17, 15) is 5.11 Å². The predicted octanol–water partition coefficient (Wildman–Crippen LogP) is 4.04. The zero-order valence-corrected chi connectivity index (χ0v) is 13.4. The van der Waals surface area contributed by atoms with Gasteiger partial charge < -0.3 is 5.11 Å². The molecule has 5 rings (SSSR count). The van der Waals surface area contributed by atoms with Crippen molar-refractivity contribution >= 4 is 11.3 Å². The number of rotatable bonds is 3. The van der Waals surface area contributed by atoms with Gasteiger partial charge in [-0.3, -0.25) is 4.98 Å². The Bertz CT molecular complexity index is 493. The van der Waals surface area contributed by atoms with E-state index in [-0.39, 0.29) is 11.5 Å². The molecule has 1 aromatic rings. The van der Waals surface area contributed by atoms with Gasteiger partial charge in [-0.15, -0.1) is 11.3 Å². The Labute approximate surface area is 125 Å². The van der Waals surface area contributed by atoms with E-state index >= 15 is 0 Å². The van der Waals surface area contributed by atoms with Crippen molar-refractivity contribution in [3.05, 3.63) is 16.6 Å². The zero-order chi connectivity index (χ0) is 14.0. The van der Waals surface area contributed by atoms with Crippen LogP contribution in [0.3, 0.4) is 0 Å². The van der Waals surface area contributed by atoms with E-state index in [1.54, 1.807) is 11.3 Å². The van der Waals surface area contributed by atoms with Crippen LogP contribution in [0.5, 0.6) is 0 Å². The first-order valence-corrected chi connectivity index (χ1v) is 8.84. The second-order valence-corrected chi connectivity index (χ2v) is 9.65. The van der Waals surface area contributed by atoms with Crippen molar-refractivity contribution in [2.75, 3.05) is 0 Å². The molecule has 3 unspecified atom stereocenters. The Hall–Kier alpha value is -0.410. The van der Waals surface area contributed by atoms with Gasteiger partial charge >= 0.3 is 0 Å². The molecule has 0 aliphatic heterocycles. The van der Waals surface area contributed by atoms with Gasteiger partial charge in [-0.1, -0.05) is 13.8 Å². The summed E-state index contributed by atoms with van der Waals surface area (Å²) in [5, 5.41) is 11.0. The van der Waals surface area contributed by atoms with Crippen LogP contribution in [0, 0.1) is 22.2 Å². The number of hydrogen-bond acceptors (Lipinski definition) is 3. The van der Waals surface area contributed by atoms with E-state index in [0.717, 1.165) is 12.3 Å². The maximum Gasteiger partial charge on any atom is 0.0794 e. The van der Waals surface area contributed by atoms with Gasteiger partial charge in [0.05, 0.1) is 11.6 Å². The molecule has 2 nitrogen and oxygen atoms in total. The van der Waals surface area contributed by atoms with Gasteiger partial charge in [0.1, 0.15) is 0 Å². The quantitative estimate of drug-likeness (QED) is 0.911. The zero-order valence-electron chi connectivity index (χ0n) is 12.6. The molecule has 0 aromatic carbocycles. The highest BCUT2D eigenvalue weighted by Crippen LogP contribution is 2.70. The van der Waals surface area contributed by atoms with Crippen molar-refractivity contribution < 1.29 is 5.11 Å². The molecule has 0 radical (unpaired) electrons. The third-order valence-corrected chi connectivity index (χ3v) is 7.06. The first kappa shape index (κ1) is 13.3. The highest BCUT2D eigenvalue weighted by molar-refractivity contribution is 7.09. The van der Waals surface area contributed by atoms with E-state index in [1.807, 2.05) is 11.7 Å². The molecule has 0 saturated heterocycles. The van der Waals surface area contributed by atoms with Crippen molar-refractivity contribution in [2.24, 2.45) is 22.2 Å². The predicted molar refractivity (Wildman–Crippen MR) is 81.7 cm³/mol. The molecule has 20 heavy (non-hydrogen) atoms. The largest absolute Gasteiger partial charge is 0.392 e. The first-order valence-electron chi connectivity index (χ1n) is 7.96. The fraction of sp³-hybridized carbons (Fsp3) is 0.824. The molecule has 3 heteroatoms. The molecule has 1 N–H and O–H groups in total. The molecule has 4 fully saturated rings. The van der Waals surface area contributed by atoms with Crippen LogP contribution in [0.15, 0.2) is 11.7 Å². The minimum Gasteiger partial charge on any atom is -0.392 e. The second-order valence-electron chi connectivity index (χ2n) is 8.68. The van der Waals surface area contributed by atoms with E-state index in [4.69, 9.17) is 0 Å². The Morgan fingerprint density at radius 2 is 1.95 bits per heavy atom. The summed E-state index contributed by atoms with van der Waals surface area (Å²) in [6, 6.07) is 0. The molecule has 0 amide bonds. The highest BCUT2D eigenvalue weighted by atomic mass is 32.1. The topological polar surface area (TPSA) is 33.1 Å². The Morgan fingerprint density at radius 1 is 1.25 bits per heavy atom. The van der Waals surface area contributed by atoms with Gasteiger partial charge in [0.2, 0.25) is 0 Å². The summed E-state index contributed by atoms with van der Waals surface area (Å²) in [4.78, 5) is 5.40. The van der Waals surface area contributed by atoms with Crippen LogP contribution in [-0.4, -0.2) is 16.2 Å². The van der Waals surface area contributed by atoms with Gasteiger partial charge in [0.25, 0.3) is 0 Å². The second kappa shape index (κ2) is 4.07. The van der Waals surface area contributed by atoms with Crippen LogP contribution in [0.4, 0.5) is 0 Å². The summed E-state index contributed by atoms with van der Waals surface area (Å²) in [6.45, 7) is 4.95. The Balaban J connectivity index is 1.63. The van der Waals surface area contributed by atoms with Gasteiger partial charge in [-0.25, -0.2) is 0 Å². The highest BCUT2D eigenvalue weighted by Gasteiger charge is 2.61. The third kappa shape index (κ3) is 1.97. The molecule has 3 atom stereocenters. The molecular weight excluding hydrogens is 266 g/mol. The molecule has 110 valence electrons. The number of aliphatic hydroxyl groups is 1. The van der Waals surface area contributed by atoms with Crippen molar-refractivity contribution in [3.63, 3.8) is 0 Å². The normalized spacial score (nSPS) is 47.6. The average Bonchev–Trinajstić information content (AvgIpc) is 2.76. The summed E-state index contributed by atoms with van der Waals surface area (Å²) in [5.74, 6) is 0.859. The average molecular weight is 291 g/mol. The lowest BCUT2D eigenvalue weighted by molar-refractivity contribution is -0.184. The lowest BCUT2D eigenvalue weighted by atomic mass is 9.39. The number of hydrogen-bond donors (Lipinski definition) is 1. The first-order chi connectivity index (χ1) is 9.41. The SMILES string of the molecule is CC12CC3CC(C)(C1)CC(C(O)Cc1cncs1)(C3)C2. The fourth-order valence-corrected chi connectivity index (χ4v) is 7.29. The van der Waals surface area contributed by atoms with Crippen LogP contribution in [0.25, 0.3) is 0 Å². The van der Waals surface area contributed by atoms with Crippen molar-refractivity contribution in [2.45, 2.75) is 64.9 Å². The van der Waals surface area contributed by atoms with Gasteiger partial charge in [0, 0.05) is 17.5 Å². The lowest BCUT2D eigenvalue weighted by Gasteiger charge is -2.66. The van der Waals surface area contributed by atoms with E-state index < -0.39 is 0 Å². The van der Waals surface area contributed by atoms with Crippen molar-refractivity contribution in [3.8, 4) is 0 Å². The van der Waals surface area contributed by atoms with Crippen LogP contribution >= 0.6 is 11.3 Å². The van der Waals surface area contributed by atoms with Gasteiger partial charge in [-0.2, -0.15) is 0 Å². The Morgan fingerprint density at radius 3 is 2.50 bits per heavy atom. The minimum atomic E-state index is -0.176. The van der Waals surface area contributed by atoms with Crippen molar-refractivity contribution in [1.29, 1.82) is 0 Å². The van der Waals surface area contributed by atoms with Gasteiger partial charge in [0.15, 0.2) is 0 Å². The summed E-state index contributed by atoms with van der Waals surface area (Å²) >= 11 is 1.68. The molecule has 4 saturated carbocycles. The fourth-order valence-electron chi connectivity index (χ4n) is 6.66. The Kier molecular flexibility index (Phi) is 2.70. The lowest BCUT2D eigenvalue weighted by Crippen LogP contribution is -2.59. The summed E-state index contributed by atoms with van der Waals surface area (Å²) in [6.07, 6.45) is 10.5. The summed E-state index contributed by atoms with van der Waals surface area (Å²) < 4.78 is 0. The van der Waals surface area contributed by atoms with E-state index in [2.05, 4.69) is 18.8 Å². The molecule has 4 aliphatic rings. The molecule has 1 heterocycles. The van der Waals surface area contributed by atoms with Crippen LogP contribution in [0.2, 0.25) is 0 Å². The smallest absolute Gasteiger partial charge is 0.0794 e. The van der Waals surface area contributed by atoms with Crippen LogP contribution in [-0.2, 0) is 6.42 Å². The monoisotopic (exact) mass is 291 g/mol. The third-order valence-electron chi connectivity index (χ3n) is 6.25. The molecule has 4 bridgehead atoms. The maximum atomic E-state index is 11.0. The van der Waals surface area contributed by atoms with Crippen molar-refractivity contribution in [1.82, 2.24) is 4.98 Å². The molecule has 4 aliphatic carbocycles. The number of aliphatic hydroxyl groups excluding tert-OH is 1. The minimum absolute atomic E-state index is 0.176. The standard InChI is InChI=1S/C17H25NOS/c1-15-4-12-5-16(2,8-15)10-17(6-12,9-15)14(19)3-13-7-18-11-20-13/h7,11-12,14,19H,3-6,8-10H2,1-2H3.